The summed E-state index contributed by atoms with van der Waals surface area (Å²) < 4.78 is 39.8. The molecule has 0 spiro atoms. The van der Waals surface area contributed by atoms with Crippen LogP contribution in [0.2, 0.25) is 0 Å². The molecule has 1 aromatic rings. The first-order chi connectivity index (χ1) is 10.6. The number of halogens is 1. The molecule has 0 bridgehead atoms. The lowest BCUT2D eigenvalue weighted by atomic mass is 10.2. The van der Waals surface area contributed by atoms with Gasteiger partial charge in [-0.2, -0.15) is 4.31 Å². The molecule has 1 amide bonds. The number of benzene rings is 1. The number of hydrogen-bond donors (Lipinski definition) is 2. The van der Waals surface area contributed by atoms with Crippen molar-refractivity contribution in [3.05, 3.63) is 29.6 Å². The maximum absolute atomic E-state index is 13.9. The number of aliphatic carboxylic acids is 1. The first kappa shape index (κ1) is 19.0. The van der Waals surface area contributed by atoms with Crippen molar-refractivity contribution in [2.24, 2.45) is 0 Å². The zero-order valence-corrected chi connectivity index (χ0v) is 13.9. The average molecular weight is 346 g/mol. The van der Waals surface area contributed by atoms with Gasteiger partial charge in [0.2, 0.25) is 15.9 Å². The maximum atomic E-state index is 13.9. The smallest absolute Gasteiger partial charge is 0.321 e. The topological polar surface area (TPSA) is 104 Å². The van der Waals surface area contributed by atoms with E-state index in [1.165, 1.54) is 19.9 Å². The zero-order valence-electron chi connectivity index (χ0n) is 13.0. The van der Waals surface area contributed by atoms with Gasteiger partial charge < -0.3 is 10.4 Å². The Bertz CT molecular complexity index is 705. The van der Waals surface area contributed by atoms with Gasteiger partial charge in [-0.05, 0) is 31.5 Å². The number of carbonyl (C=O) groups excluding carboxylic acids is 1. The molecule has 128 valence electrons. The fourth-order valence-corrected chi connectivity index (χ4v) is 3.66. The predicted octanol–water partition coefficient (Wildman–Crippen LogP) is 0.734. The second kappa shape index (κ2) is 7.51. The standard InChI is InChI=1S/C14H19FN2O5S/c1-9-4-5-12(15)13(8-9)23(21,22)17(10(2)14(19)20)7-6-16-11(3)18/h4-5,8,10H,6-7H2,1-3H3,(H,16,18)(H,19,20). The van der Waals surface area contributed by atoms with Crippen molar-refractivity contribution in [2.45, 2.75) is 31.7 Å². The van der Waals surface area contributed by atoms with Gasteiger partial charge in [-0.25, -0.2) is 12.8 Å². The van der Waals surface area contributed by atoms with Crippen LogP contribution in [0.3, 0.4) is 0 Å². The number of aryl methyl sites for hydroxylation is 1. The summed E-state index contributed by atoms with van der Waals surface area (Å²) in [5, 5.41) is 11.5. The number of carbonyl (C=O) groups is 2. The van der Waals surface area contributed by atoms with Crippen LogP contribution in [0.5, 0.6) is 0 Å². The second-order valence-corrected chi connectivity index (χ2v) is 6.91. The van der Waals surface area contributed by atoms with Gasteiger partial charge in [0, 0.05) is 20.0 Å². The molecule has 1 unspecified atom stereocenters. The van der Waals surface area contributed by atoms with E-state index in [9.17, 15) is 22.4 Å². The summed E-state index contributed by atoms with van der Waals surface area (Å²) in [5.74, 6) is -2.71. The molecule has 9 heteroatoms. The van der Waals surface area contributed by atoms with E-state index in [2.05, 4.69) is 5.32 Å². The largest absolute Gasteiger partial charge is 0.480 e. The highest BCUT2D eigenvalue weighted by atomic mass is 32.2. The molecule has 0 aliphatic heterocycles. The highest BCUT2D eigenvalue weighted by Gasteiger charge is 2.34. The Morgan fingerprint density at radius 1 is 1.39 bits per heavy atom. The van der Waals surface area contributed by atoms with Crippen LogP contribution in [0, 0.1) is 12.7 Å². The molecule has 0 fully saturated rings. The van der Waals surface area contributed by atoms with E-state index in [-0.39, 0.29) is 19.0 Å². The van der Waals surface area contributed by atoms with Crippen molar-refractivity contribution in [1.29, 1.82) is 0 Å². The number of nitrogens with zero attached hydrogens (tertiary/aromatic N) is 1. The Morgan fingerprint density at radius 3 is 2.52 bits per heavy atom. The molecule has 7 nitrogen and oxygen atoms in total. The van der Waals surface area contributed by atoms with Gasteiger partial charge in [0.25, 0.3) is 0 Å². The first-order valence-electron chi connectivity index (χ1n) is 6.82. The van der Waals surface area contributed by atoms with Crippen LogP contribution in [0.25, 0.3) is 0 Å². The third kappa shape index (κ3) is 4.73. The van der Waals surface area contributed by atoms with Crippen molar-refractivity contribution in [2.75, 3.05) is 13.1 Å². The van der Waals surface area contributed by atoms with Crippen LogP contribution in [0.15, 0.2) is 23.1 Å². The van der Waals surface area contributed by atoms with E-state index >= 15 is 0 Å². The Balaban J connectivity index is 3.24. The monoisotopic (exact) mass is 346 g/mol. The normalized spacial score (nSPS) is 12.9. The minimum Gasteiger partial charge on any atom is -0.480 e. The Kier molecular flexibility index (Phi) is 6.22. The third-order valence-corrected chi connectivity index (χ3v) is 5.15. The second-order valence-electron chi connectivity index (χ2n) is 5.05. The SMILES string of the molecule is CC(=O)NCCN(C(C)C(=O)O)S(=O)(=O)c1cc(C)ccc1F. The van der Waals surface area contributed by atoms with E-state index in [1.54, 1.807) is 6.92 Å². The number of carboxylic acids is 1. The summed E-state index contributed by atoms with van der Waals surface area (Å²) in [6.45, 7) is 3.66. The molecular weight excluding hydrogens is 327 g/mol. The van der Waals surface area contributed by atoms with E-state index < -0.39 is 32.7 Å². The molecule has 1 atom stereocenters. The number of rotatable bonds is 7. The molecular formula is C14H19FN2O5S. The van der Waals surface area contributed by atoms with Gasteiger partial charge in [0.15, 0.2) is 0 Å². The van der Waals surface area contributed by atoms with E-state index in [4.69, 9.17) is 5.11 Å². The van der Waals surface area contributed by atoms with Crippen LogP contribution in [0.1, 0.15) is 19.4 Å². The van der Waals surface area contributed by atoms with Gasteiger partial charge in [-0.3, -0.25) is 9.59 Å². The van der Waals surface area contributed by atoms with Gasteiger partial charge in [0.05, 0.1) is 0 Å². The molecule has 0 heterocycles. The zero-order chi connectivity index (χ0) is 17.8. The quantitative estimate of drug-likeness (QED) is 0.758. The van der Waals surface area contributed by atoms with Crippen molar-refractivity contribution in [3.8, 4) is 0 Å². The highest BCUT2D eigenvalue weighted by Crippen LogP contribution is 2.22. The Hall–Kier alpha value is -2.00. The lowest BCUT2D eigenvalue weighted by molar-refractivity contribution is -0.140. The summed E-state index contributed by atoms with van der Waals surface area (Å²) in [4.78, 5) is 21.5. The molecule has 2 N–H and O–H groups in total. The number of amides is 1. The maximum Gasteiger partial charge on any atom is 0.321 e. The minimum atomic E-state index is -4.37. The van der Waals surface area contributed by atoms with Crippen molar-refractivity contribution in [1.82, 2.24) is 9.62 Å². The molecule has 0 aliphatic rings. The van der Waals surface area contributed by atoms with Crippen LogP contribution in [-0.2, 0) is 19.6 Å². The molecule has 0 saturated heterocycles. The fourth-order valence-electron chi connectivity index (χ4n) is 1.92. The fraction of sp³-hybridized carbons (Fsp3) is 0.429. The van der Waals surface area contributed by atoms with Crippen LogP contribution < -0.4 is 5.32 Å². The number of nitrogens with one attached hydrogen (secondary N) is 1. The summed E-state index contributed by atoms with van der Waals surface area (Å²) in [6.07, 6.45) is 0. The Labute approximate surface area is 134 Å². The molecule has 0 aromatic heterocycles. The average Bonchev–Trinajstić information content (AvgIpc) is 2.44. The van der Waals surface area contributed by atoms with Gasteiger partial charge in [-0.1, -0.05) is 6.07 Å². The third-order valence-electron chi connectivity index (χ3n) is 3.17. The van der Waals surface area contributed by atoms with E-state index in [0.29, 0.717) is 9.87 Å². The molecule has 0 radical (unpaired) electrons. The number of sulfonamides is 1. The molecule has 1 rings (SSSR count). The van der Waals surface area contributed by atoms with Crippen LogP contribution in [-0.4, -0.2) is 48.8 Å². The molecule has 0 aliphatic carbocycles. The number of hydrogen-bond acceptors (Lipinski definition) is 4. The lowest BCUT2D eigenvalue weighted by Crippen LogP contribution is -2.46. The molecule has 1 aromatic carbocycles. The van der Waals surface area contributed by atoms with Crippen molar-refractivity contribution in [3.63, 3.8) is 0 Å². The van der Waals surface area contributed by atoms with Gasteiger partial charge >= 0.3 is 5.97 Å². The number of carboxylic acid groups (broad SMARTS) is 1. The Morgan fingerprint density at radius 2 is 2.00 bits per heavy atom. The van der Waals surface area contributed by atoms with E-state index in [1.807, 2.05) is 0 Å². The van der Waals surface area contributed by atoms with Crippen LogP contribution >= 0.6 is 0 Å². The summed E-state index contributed by atoms with van der Waals surface area (Å²) in [5.41, 5.74) is 0.523. The first-order valence-corrected chi connectivity index (χ1v) is 8.26. The molecule has 0 saturated carbocycles. The highest BCUT2D eigenvalue weighted by molar-refractivity contribution is 7.89. The van der Waals surface area contributed by atoms with Crippen molar-refractivity contribution < 1.29 is 27.5 Å². The lowest BCUT2D eigenvalue weighted by Gasteiger charge is -2.26. The van der Waals surface area contributed by atoms with Crippen LogP contribution in [0.4, 0.5) is 4.39 Å². The van der Waals surface area contributed by atoms with Gasteiger partial charge in [-0.15, -0.1) is 0 Å². The summed E-state index contributed by atoms with van der Waals surface area (Å²) >= 11 is 0. The van der Waals surface area contributed by atoms with E-state index in [0.717, 1.165) is 12.1 Å². The van der Waals surface area contributed by atoms with Crippen molar-refractivity contribution >= 4 is 21.9 Å². The molecule has 23 heavy (non-hydrogen) atoms. The summed E-state index contributed by atoms with van der Waals surface area (Å²) in [6, 6.07) is 2.16. The van der Waals surface area contributed by atoms with Gasteiger partial charge in [0.1, 0.15) is 16.8 Å². The predicted molar refractivity (Wildman–Crippen MR) is 80.8 cm³/mol. The summed E-state index contributed by atoms with van der Waals surface area (Å²) in [7, 11) is -4.37. The minimum absolute atomic E-state index is 0.0837.